The Labute approximate surface area is 142 Å². The monoisotopic (exact) mass is 363 g/mol. The number of anilines is 1. The number of carboxylic acid groups (broad SMARTS) is 1. The molecule has 0 amide bonds. The fourth-order valence-electron chi connectivity index (χ4n) is 2.29. The van der Waals surface area contributed by atoms with Gasteiger partial charge in [0.15, 0.2) is 0 Å². The Morgan fingerprint density at radius 3 is 2.62 bits per heavy atom. The summed E-state index contributed by atoms with van der Waals surface area (Å²) in [5.74, 6) is -1.20. The molecule has 0 atom stereocenters. The Bertz CT molecular complexity index is 987. The Morgan fingerprint density at radius 2 is 2.00 bits per heavy atom. The molecule has 8 heteroatoms. The highest BCUT2D eigenvalue weighted by Crippen LogP contribution is 2.38. The normalized spacial score (nSPS) is 11.4. The highest BCUT2D eigenvalue weighted by Gasteiger charge is 2.25. The average molecular weight is 363 g/mol. The molecule has 24 heavy (non-hydrogen) atoms. The minimum atomic E-state index is -3.92. The van der Waals surface area contributed by atoms with Crippen molar-refractivity contribution in [3.63, 3.8) is 0 Å². The first-order valence-corrected chi connectivity index (χ1v) is 9.22. The summed E-state index contributed by atoms with van der Waals surface area (Å²) in [7, 11) is -3.92. The molecule has 0 radical (unpaired) electrons. The molecule has 0 unspecified atom stereocenters. The molecule has 0 bridgehead atoms. The van der Waals surface area contributed by atoms with Crippen molar-refractivity contribution < 1.29 is 22.7 Å². The summed E-state index contributed by atoms with van der Waals surface area (Å²) in [6, 6.07) is 8.14. The molecule has 0 aliphatic heterocycles. The van der Waals surface area contributed by atoms with Crippen LogP contribution in [0.25, 0.3) is 11.1 Å². The summed E-state index contributed by atoms with van der Waals surface area (Å²) >= 11 is 0.954. The summed E-state index contributed by atoms with van der Waals surface area (Å²) in [6.45, 7) is 1.68. The predicted octanol–water partition coefficient (Wildman–Crippen LogP) is 3.82. The molecule has 124 valence electrons. The number of rotatable bonds is 5. The van der Waals surface area contributed by atoms with Gasteiger partial charge in [-0.05, 0) is 24.6 Å². The minimum Gasteiger partial charge on any atom is -0.477 e. The van der Waals surface area contributed by atoms with Crippen LogP contribution in [0.3, 0.4) is 0 Å². The average Bonchev–Trinajstić information content (AvgIpc) is 3.16. The first-order chi connectivity index (χ1) is 11.4. The third kappa shape index (κ3) is 2.93. The molecule has 0 saturated carbocycles. The van der Waals surface area contributed by atoms with Crippen molar-refractivity contribution in [2.45, 2.75) is 11.8 Å². The third-order valence-corrected chi connectivity index (χ3v) is 5.91. The summed E-state index contributed by atoms with van der Waals surface area (Å²) in [6.07, 6.45) is 2.87. The lowest BCUT2D eigenvalue weighted by atomic mass is 10.1. The standard InChI is InChI=1S/C16H13NO5S2/c1-10-4-2-3-5-13(10)24(20,21)17-14-12(11-6-7-22-8-11)9-23-15(14)16(18)19/h2-9,17H,1H3,(H,18,19). The second-order valence-electron chi connectivity index (χ2n) is 5.04. The zero-order valence-electron chi connectivity index (χ0n) is 12.5. The maximum Gasteiger partial charge on any atom is 0.348 e. The van der Waals surface area contributed by atoms with Gasteiger partial charge in [0.25, 0.3) is 10.0 Å². The molecule has 3 rings (SSSR count). The topological polar surface area (TPSA) is 96.6 Å². The van der Waals surface area contributed by atoms with Gasteiger partial charge in [-0.3, -0.25) is 4.72 Å². The molecular formula is C16H13NO5S2. The molecule has 1 aromatic carbocycles. The molecule has 2 aromatic heterocycles. The highest BCUT2D eigenvalue weighted by atomic mass is 32.2. The minimum absolute atomic E-state index is 0.0390. The number of nitrogens with one attached hydrogen (secondary N) is 1. The van der Waals surface area contributed by atoms with Crippen LogP contribution >= 0.6 is 11.3 Å². The highest BCUT2D eigenvalue weighted by molar-refractivity contribution is 7.92. The van der Waals surface area contributed by atoms with Gasteiger partial charge >= 0.3 is 5.97 Å². The number of thiophene rings is 1. The Hall–Kier alpha value is -2.58. The van der Waals surface area contributed by atoms with Crippen molar-refractivity contribution >= 4 is 33.0 Å². The van der Waals surface area contributed by atoms with Crippen molar-refractivity contribution in [2.24, 2.45) is 0 Å². The van der Waals surface area contributed by atoms with Crippen LogP contribution < -0.4 is 4.72 Å². The van der Waals surface area contributed by atoms with Gasteiger partial charge in [-0.25, -0.2) is 13.2 Å². The summed E-state index contributed by atoms with van der Waals surface area (Å²) in [5, 5.41) is 10.9. The lowest BCUT2D eigenvalue weighted by Crippen LogP contribution is -2.16. The number of hydrogen-bond acceptors (Lipinski definition) is 5. The van der Waals surface area contributed by atoms with Crippen LogP contribution in [0.4, 0.5) is 5.69 Å². The quantitative estimate of drug-likeness (QED) is 0.718. The van der Waals surface area contributed by atoms with Gasteiger partial charge in [0.2, 0.25) is 0 Å². The molecular weight excluding hydrogens is 350 g/mol. The first-order valence-electron chi connectivity index (χ1n) is 6.86. The van der Waals surface area contributed by atoms with Crippen molar-refractivity contribution in [3.05, 3.63) is 58.7 Å². The number of carbonyl (C=O) groups is 1. The molecule has 0 spiro atoms. The molecule has 2 N–H and O–H groups in total. The van der Waals surface area contributed by atoms with Crippen LogP contribution in [0.1, 0.15) is 15.2 Å². The maximum atomic E-state index is 12.7. The number of aryl methyl sites for hydroxylation is 1. The second-order valence-corrected chi connectivity index (χ2v) is 7.57. The van der Waals surface area contributed by atoms with E-state index in [1.165, 1.54) is 18.6 Å². The van der Waals surface area contributed by atoms with Crippen molar-refractivity contribution in [3.8, 4) is 11.1 Å². The predicted molar refractivity (Wildman–Crippen MR) is 91.0 cm³/mol. The van der Waals surface area contributed by atoms with E-state index < -0.39 is 16.0 Å². The van der Waals surface area contributed by atoms with Crippen LogP contribution in [-0.4, -0.2) is 19.5 Å². The van der Waals surface area contributed by atoms with E-state index >= 15 is 0 Å². The van der Waals surface area contributed by atoms with Gasteiger partial charge in [0.05, 0.1) is 23.1 Å². The van der Waals surface area contributed by atoms with E-state index in [9.17, 15) is 18.3 Å². The van der Waals surface area contributed by atoms with Crippen LogP contribution in [0.2, 0.25) is 0 Å². The van der Waals surface area contributed by atoms with E-state index in [1.807, 2.05) is 0 Å². The van der Waals surface area contributed by atoms with Crippen molar-refractivity contribution in [1.82, 2.24) is 0 Å². The first kappa shape index (κ1) is 16.3. The number of aromatic carboxylic acids is 1. The number of benzene rings is 1. The Kier molecular flexibility index (Phi) is 4.16. The van der Waals surface area contributed by atoms with E-state index in [-0.39, 0.29) is 15.5 Å². The van der Waals surface area contributed by atoms with Gasteiger partial charge < -0.3 is 9.52 Å². The fourth-order valence-corrected chi connectivity index (χ4v) is 4.57. The lowest BCUT2D eigenvalue weighted by molar-refractivity contribution is 0.0703. The van der Waals surface area contributed by atoms with E-state index in [0.717, 1.165) is 11.3 Å². The zero-order valence-corrected chi connectivity index (χ0v) is 14.1. The molecule has 0 aliphatic rings. The molecule has 0 fully saturated rings. The number of hydrogen-bond donors (Lipinski definition) is 2. The van der Waals surface area contributed by atoms with Crippen LogP contribution in [0.15, 0.2) is 57.6 Å². The van der Waals surface area contributed by atoms with Crippen molar-refractivity contribution in [1.29, 1.82) is 0 Å². The zero-order chi connectivity index (χ0) is 17.3. The third-order valence-electron chi connectivity index (χ3n) is 3.44. The van der Waals surface area contributed by atoms with Crippen LogP contribution in [0.5, 0.6) is 0 Å². The smallest absolute Gasteiger partial charge is 0.348 e. The van der Waals surface area contributed by atoms with Crippen LogP contribution in [0, 0.1) is 6.92 Å². The summed E-state index contributed by atoms with van der Waals surface area (Å²) in [4.78, 5) is 11.5. The Balaban J connectivity index is 2.11. The Morgan fingerprint density at radius 1 is 1.25 bits per heavy atom. The van der Waals surface area contributed by atoms with Crippen molar-refractivity contribution in [2.75, 3.05) is 4.72 Å². The van der Waals surface area contributed by atoms with E-state index in [2.05, 4.69) is 4.72 Å². The van der Waals surface area contributed by atoms with Gasteiger partial charge in [-0.1, -0.05) is 18.2 Å². The molecule has 0 saturated heterocycles. The molecule has 6 nitrogen and oxygen atoms in total. The molecule has 0 aliphatic carbocycles. The van der Waals surface area contributed by atoms with Gasteiger partial charge in [-0.2, -0.15) is 0 Å². The SMILES string of the molecule is Cc1ccccc1S(=O)(=O)Nc1c(-c2ccoc2)csc1C(=O)O. The number of furan rings is 1. The largest absolute Gasteiger partial charge is 0.477 e. The number of carboxylic acids is 1. The van der Waals surface area contributed by atoms with Gasteiger partial charge in [-0.15, -0.1) is 11.3 Å². The maximum absolute atomic E-state index is 12.7. The molecule has 3 aromatic rings. The van der Waals surface area contributed by atoms with E-state index in [4.69, 9.17) is 4.42 Å². The fraction of sp³-hybridized carbons (Fsp3) is 0.0625. The van der Waals surface area contributed by atoms with E-state index in [1.54, 1.807) is 36.6 Å². The summed E-state index contributed by atoms with van der Waals surface area (Å²) < 4.78 is 32.8. The summed E-state index contributed by atoms with van der Waals surface area (Å²) in [5.41, 5.74) is 1.67. The van der Waals surface area contributed by atoms with Crippen LogP contribution in [-0.2, 0) is 10.0 Å². The van der Waals surface area contributed by atoms with Gasteiger partial charge in [0.1, 0.15) is 4.88 Å². The second kappa shape index (κ2) is 6.14. The van der Waals surface area contributed by atoms with Gasteiger partial charge in [0, 0.05) is 16.5 Å². The lowest BCUT2D eigenvalue weighted by Gasteiger charge is -2.11. The van der Waals surface area contributed by atoms with E-state index in [0.29, 0.717) is 16.7 Å². The number of sulfonamides is 1. The molecule has 2 heterocycles.